The van der Waals surface area contributed by atoms with Crippen molar-refractivity contribution in [2.24, 2.45) is 0 Å². The Bertz CT molecular complexity index is 1360. The smallest absolute Gasteiger partial charge is 0.269 e. The minimum Gasteiger partial charge on any atom is -0.355 e. The summed E-state index contributed by atoms with van der Waals surface area (Å²) in [6, 6.07) is 7.76. The molecule has 0 bridgehead atoms. The molecule has 3 rings (SSSR count). The van der Waals surface area contributed by atoms with E-state index in [9.17, 15) is 31.2 Å². The van der Waals surface area contributed by atoms with Gasteiger partial charge in [0.1, 0.15) is 28.4 Å². The maximum atomic E-state index is 14.8. The number of carbonyl (C=O) groups excluding carboxylic acids is 2. The van der Waals surface area contributed by atoms with Crippen LogP contribution in [0.25, 0.3) is 0 Å². The number of nitrogens with one attached hydrogen (secondary N) is 2. The van der Waals surface area contributed by atoms with E-state index in [1.807, 2.05) is 0 Å². The first-order chi connectivity index (χ1) is 16.5. The molecule has 0 aliphatic rings. The van der Waals surface area contributed by atoms with E-state index in [1.165, 1.54) is 19.9 Å². The van der Waals surface area contributed by atoms with Crippen molar-refractivity contribution in [2.75, 3.05) is 13.1 Å². The third-order valence-electron chi connectivity index (χ3n) is 5.14. The molecular weight excluding hydrogens is 483 g/mol. The van der Waals surface area contributed by atoms with Gasteiger partial charge < -0.3 is 10.6 Å². The first kappa shape index (κ1) is 25.9. The van der Waals surface area contributed by atoms with Crippen LogP contribution in [-0.2, 0) is 14.6 Å². The van der Waals surface area contributed by atoms with Gasteiger partial charge in [-0.2, -0.15) is 0 Å². The predicted octanol–water partition coefficient (Wildman–Crippen LogP) is 3.24. The summed E-state index contributed by atoms with van der Waals surface area (Å²) < 4.78 is 69.3. The Balaban J connectivity index is 2.04. The minimum atomic E-state index is -4.40. The number of amides is 2. The Hall–Kier alpha value is -3.73. The second-order valence-electron chi connectivity index (χ2n) is 7.71. The van der Waals surface area contributed by atoms with E-state index in [0.717, 1.165) is 48.7 Å². The van der Waals surface area contributed by atoms with Crippen molar-refractivity contribution in [1.82, 2.24) is 15.6 Å². The summed E-state index contributed by atoms with van der Waals surface area (Å²) in [6.45, 7) is 3.19. The Kier molecular flexibility index (Phi) is 7.90. The van der Waals surface area contributed by atoms with Crippen LogP contribution in [-0.4, -0.2) is 38.3 Å². The van der Waals surface area contributed by atoms with Gasteiger partial charge in [-0.1, -0.05) is 0 Å². The molecule has 1 unspecified atom stereocenters. The fourth-order valence-electron chi connectivity index (χ4n) is 3.45. The summed E-state index contributed by atoms with van der Waals surface area (Å²) in [5, 5.41) is 3.37. The van der Waals surface area contributed by atoms with Crippen molar-refractivity contribution < 1.29 is 31.2 Å². The second kappa shape index (κ2) is 10.7. The summed E-state index contributed by atoms with van der Waals surface area (Å²) in [4.78, 5) is 27.0. The summed E-state index contributed by atoms with van der Waals surface area (Å²) in [5.41, 5.74) is -0.182. The van der Waals surface area contributed by atoms with E-state index in [0.29, 0.717) is 0 Å². The number of rotatable bonds is 8. The molecule has 1 aromatic heterocycles. The fourth-order valence-corrected chi connectivity index (χ4v) is 5.33. The maximum absolute atomic E-state index is 14.8. The van der Waals surface area contributed by atoms with Crippen LogP contribution in [0.15, 0.2) is 59.6 Å². The average Bonchev–Trinajstić information content (AvgIpc) is 2.80. The molecule has 2 aromatic carbocycles. The summed E-state index contributed by atoms with van der Waals surface area (Å²) in [5.74, 6) is -3.29. The normalized spacial score (nSPS) is 12.1. The third kappa shape index (κ3) is 6.04. The van der Waals surface area contributed by atoms with Crippen molar-refractivity contribution in [3.63, 3.8) is 0 Å². The molecule has 2 N–H and O–H groups in total. The van der Waals surface area contributed by atoms with Crippen LogP contribution < -0.4 is 10.6 Å². The lowest BCUT2D eigenvalue weighted by Crippen LogP contribution is -2.34. The molecule has 3 aromatic rings. The number of sulfone groups is 1. The summed E-state index contributed by atoms with van der Waals surface area (Å²) in [7, 11) is -4.40. The van der Waals surface area contributed by atoms with E-state index in [2.05, 4.69) is 15.6 Å². The van der Waals surface area contributed by atoms with E-state index < -0.39 is 44.0 Å². The second-order valence-corrected chi connectivity index (χ2v) is 9.74. The van der Waals surface area contributed by atoms with Gasteiger partial charge in [0.2, 0.25) is 5.91 Å². The number of benzene rings is 2. The van der Waals surface area contributed by atoms with Crippen LogP contribution in [0.1, 0.15) is 39.4 Å². The molecule has 0 saturated carbocycles. The van der Waals surface area contributed by atoms with Gasteiger partial charge in [-0.15, -0.1) is 0 Å². The van der Waals surface area contributed by atoms with Crippen molar-refractivity contribution in [3.8, 4) is 0 Å². The number of nitrogens with zero attached hydrogens (tertiary/aromatic N) is 1. The Labute approximate surface area is 200 Å². The summed E-state index contributed by atoms with van der Waals surface area (Å²) in [6.07, 6.45) is 1.12. The van der Waals surface area contributed by atoms with Gasteiger partial charge >= 0.3 is 0 Å². The largest absolute Gasteiger partial charge is 0.355 e. The number of aromatic nitrogens is 1. The molecule has 0 aliphatic carbocycles. The molecule has 0 radical (unpaired) electrons. The Morgan fingerprint density at radius 1 is 0.914 bits per heavy atom. The molecule has 0 fully saturated rings. The van der Waals surface area contributed by atoms with Crippen LogP contribution in [0, 0.1) is 24.4 Å². The van der Waals surface area contributed by atoms with Gasteiger partial charge in [-0.25, -0.2) is 21.6 Å². The highest BCUT2D eigenvalue weighted by atomic mass is 32.2. The predicted molar refractivity (Wildman–Crippen MR) is 122 cm³/mol. The zero-order valence-electron chi connectivity index (χ0n) is 18.8. The number of pyridine rings is 1. The van der Waals surface area contributed by atoms with E-state index >= 15 is 0 Å². The molecule has 0 saturated heterocycles. The molecule has 184 valence electrons. The number of carbonyl (C=O) groups is 2. The van der Waals surface area contributed by atoms with Crippen molar-refractivity contribution >= 4 is 21.7 Å². The molecular formula is C24H22F3N3O4S. The maximum Gasteiger partial charge on any atom is 0.269 e. The molecule has 0 aliphatic heterocycles. The van der Waals surface area contributed by atoms with Crippen LogP contribution >= 0.6 is 0 Å². The van der Waals surface area contributed by atoms with Crippen LogP contribution in [0.3, 0.4) is 0 Å². The quantitative estimate of drug-likeness (QED) is 0.361. The zero-order valence-corrected chi connectivity index (χ0v) is 19.6. The topological polar surface area (TPSA) is 105 Å². The SMILES string of the molecule is CC(=O)NCCNC(=O)c1cc(C)c(C(c2cc(F)ccc2F)S(=O)(=O)c2ccc(F)cc2)cn1. The first-order valence-electron chi connectivity index (χ1n) is 10.4. The Morgan fingerprint density at radius 2 is 1.54 bits per heavy atom. The fraction of sp³-hybridized carbons (Fsp3) is 0.208. The number of hydrogen-bond donors (Lipinski definition) is 2. The van der Waals surface area contributed by atoms with Gasteiger partial charge in [-0.05, 0) is 66.6 Å². The average molecular weight is 506 g/mol. The summed E-state index contributed by atoms with van der Waals surface area (Å²) >= 11 is 0. The third-order valence-corrected chi connectivity index (χ3v) is 7.20. The van der Waals surface area contributed by atoms with Crippen molar-refractivity contribution in [2.45, 2.75) is 24.0 Å². The monoisotopic (exact) mass is 505 g/mol. The molecule has 1 atom stereocenters. The molecule has 11 heteroatoms. The minimum absolute atomic E-state index is 0.0219. The zero-order chi connectivity index (χ0) is 25.8. The van der Waals surface area contributed by atoms with E-state index in [1.54, 1.807) is 0 Å². The lowest BCUT2D eigenvalue weighted by atomic mass is 10.0. The molecule has 2 amide bonds. The highest BCUT2D eigenvalue weighted by molar-refractivity contribution is 7.92. The highest BCUT2D eigenvalue weighted by Crippen LogP contribution is 2.38. The lowest BCUT2D eigenvalue weighted by molar-refractivity contribution is -0.118. The first-order valence-corrected chi connectivity index (χ1v) is 12.0. The lowest BCUT2D eigenvalue weighted by Gasteiger charge is -2.21. The van der Waals surface area contributed by atoms with Crippen molar-refractivity contribution in [3.05, 3.63) is 94.6 Å². The highest BCUT2D eigenvalue weighted by Gasteiger charge is 2.35. The molecule has 35 heavy (non-hydrogen) atoms. The van der Waals surface area contributed by atoms with Crippen LogP contribution in [0.2, 0.25) is 0 Å². The van der Waals surface area contributed by atoms with Crippen LogP contribution in [0.5, 0.6) is 0 Å². The number of halogens is 3. The van der Waals surface area contributed by atoms with Gasteiger partial charge in [0, 0.05) is 31.8 Å². The van der Waals surface area contributed by atoms with E-state index in [-0.39, 0.29) is 40.7 Å². The van der Waals surface area contributed by atoms with Crippen molar-refractivity contribution in [1.29, 1.82) is 0 Å². The van der Waals surface area contributed by atoms with Gasteiger partial charge in [-0.3, -0.25) is 14.6 Å². The Morgan fingerprint density at radius 3 is 2.17 bits per heavy atom. The molecule has 1 heterocycles. The molecule has 7 nitrogen and oxygen atoms in total. The van der Waals surface area contributed by atoms with Gasteiger partial charge in [0.25, 0.3) is 5.91 Å². The van der Waals surface area contributed by atoms with Gasteiger partial charge in [0.05, 0.1) is 4.90 Å². The standard InChI is InChI=1S/C24H22F3N3O4S/c1-14-11-22(24(32)29-10-9-28-15(2)31)30-13-20(14)23(19-12-17(26)5-8-21(19)27)35(33,34)18-6-3-16(25)4-7-18/h3-8,11-13,23H,9-10H2,1-2H3,(H,28,31)(H,29,32). The number of aryl methyl sites for hydroxylation is 1. The van der Waals surface area contributed by atoms with Gasteiger partial charge in [0.15, 0.2) is 9.84 Å². The van der Waals surface area contributed by atoms with E-state index in [4.69, 9.17) is 0 Å². The number of hydrogen-bond acceptors (Lipinski definition) is 5. The molecule has 0 spiro atoms. The van der Waals surface area contributed by atoms with Crippen LogP contribution in [0.4, 0.5) is 13.2 Å².